The van der Waals surface area contributed by atoms with E-state index < -0.39 is 0 Å². The molecule has 15 heavy (non-hydrogen) atoms. The molecule has 1 heterocycles. The highest BCUT2D eigenvalue weighted by molar-refractivity contribution is 9.10. The molecule has 1 aliphatic heterocycles. The number of hydrogen-bond donors (Lipinski definition) is 1. The van der Waals surface area contributed by atoms with Crippen LogP contribution in [0.5, 0.6) is 0 Å². The topological polar surface area (TPSA) is 12.0 Å². The minimum Gasteiger partial charge on any atom is -0.314 e. The van der Waals surface area contributed by atoms with E-state index in [2.05, 4.69) is 33.4 Å². The van der Waals surface area contributed by atoms with Crippen LogP contribution < -0.4 is 5.32 Å². The molecule has 2 rings (SSSR count). The predicted octanol–water partition coefficient (Wildman–Crippen LogP) is 3.79. The van der Waals surface area contributed by atoms with Gasteiger partial charge in [0.15, 0.2) is 0 Å². The fourth-order valence-corrected chi connectivity index (χ4v) is 2.83. The zero-order valence-electron chi connectivity index (χ0n) is 8.60. The Hall–Kier alpha value is -0.0500. The largest absolute Gasteiger partial charge is 0.314 e. The Bertz CT molecular complexity index is 334. The van der Waals surface area contributed by atoms with Crippen LogP contribution in [0.25, 0.3) is 0 Å². The SMILES string of the molecule is Clc1cc(Br)ccc1CCC1CCCN1. The summed E-state index contributed by atoms with van der Waals surface area (Å²) in [5, 5.41) is 4.38. The first-order valence-corrected chi connectivity index (χ1v) is 6.60. The van der Waals surface area contributed by atoms with Gasteiger partial charge in [0.25, 0.3) is 0 Å². The summed E-state index contributed by atoms with van der Waals surface area (Å²) in [5.41, 5.74) is 1.26. The molecule has 1 saturated heterocycles. The Labute approximate surface area is 104 Å². The molecule has 0 aliphatic carbocycles. The van der Waals surface area contributed by atoms with E-state index in [9.17, 15) is 0 Å². The Kier molecular flexibility index (Phi) is 4.06. The molecule has 1 N–H and O–H groups in total. The molecule has 3 heteroatoms. The van der Waals surface area contributed by atoms with Crippen LogP contribution in [0.15, 0.2) is 22.7 Å². The number of nitrogens with one attached hydrogen (secondary N) is 1. The molecule has 1 unspecified atom stereocenters. The number of aryl methyl sites for hydroxylation is 1. The fourth-order valence-electron chi connectivity index (χ4n) is 2.06. The summed E-state index contributed by atoms with van der Waals surface area (Å²) in [6.07, 6.45) is 4.90. The summed E-state index contributed by atoms with van der Waals surface area (Å²) in [5.74, 6) is 0. The van der Waals surface area contributed by atoms with Crippen molar-refractivity contribution in [2.75, 3.05) is 6.54 Å². The second-order valence-electron chi connectivity index (χ2n) is 4.07. The van der Waals surface area contributed by atoms with Crippen molar-refractivity contribution in [3.63, 3.8) is 0 Å². The number of rotatable bonds is 3. The first-order chi connectivity index (χ1) is 7.25. The van der Waals surface area contributed by atoms with Crippen molar-refractivity contribution in [2.24, 2.45) is 0 Å². The molecule has 0 saturated carbocycles. The van der Waals surface area contributed by atoms with Crippen molar-refractivity contribution in [1.82, 2.24) is 5.32 Å². The summed E-state index contributed by atoms with van der Waals surface area (Å²) in [6, 6.07) is 6.84. The van der Waals surface area contributed by atoms with Gasteiger partial charge in [-0.3, -0.25) is 0 Å². The zero-order chi connectivity index (χ0) is 10.7. The van der Waals surface area contributed by atoms with Gasteiger partial charge in [-0.05, 0) is 49.9 Å². The summed E-state index contributed by atoms with van der Waals surface area (Å²) in [7, 11) is 0. The van der Waals surface area contributed by atoms with Crippen molar-refractivity contribution < 1.29 is 0 Å². The van der Waals surface area contributed by atoms with Crippen LogP contribution in [-0.4, -0.2) is 12.6 Å². The van der Waals surface area contributed by atoms with Crippen molar-refractivity contribution in [2.45, 2.75) is 31.7 Å². The van der Waals surface area contributed by atoms with E-state index in [0.717, 1.165) is 15.9 Å². The van der Waals surface area contributed by atoms with Gasteiger partial charge in [0.05, 0.1) is 0 Å². The summed E-state index contributed by atoms with van der Waals surface area (Å²) >= 11 is 9.58. The van der Waals surface area contributed by atoms with Crippen molar-refractivity contribution in [1.29, 1.82) is 0 Å². The van der Waals surface area contributed by atoms with E-state index in [0.29, 0.717) is 6.04 Å². The van der Waals surface area contributed by atoms with E-state index >= 15 is 0 Å². The molecule has 1 atom stereocenters. The third-order valence-corrected chi connectivity index (χ3v) is 3.78. The van der Waals surface area contributed by atoms with Gasteiger partial charge in [-0.2, -0.15) is 0 Å². The second-order valence-corrected chi connectivity index (χ2v) is 5.39. The van der Waals surface area contributed by atoms with Crippen LogP contribution in [0, 0.1) is 0 Å². The minimum atomic E-state index is 0.699. The lowest BCUT2D eigenvalue weighted by Gasteiger charge is -2.10. The lowest BCUT2D eigenvalue weighted by molar-refractivity contribution is 0.559. The molecule has 0 amide bonds. The average Bonchev–Trinajstić information content (AvgIpc) is 2.69. The van der Waals surface area contributed by atoms with Crippen LogP contribution in [0.3, 0.4) is 0 Å². The molecule has 82 valence electrons. The Morgan fingerprint density at radius 1 is 1.47 bits per heavy atom. The molecule has 1 aromatic rings. The zero-order valence-corrected chi connectivity index (χ0v) is 10.9. The predicted molar refractivity (Wildman–Crippen MR) is 68.5 cm³/mol. The van der Waals surface area contributed by atoms with E-state index in [4.69, 9.17) is 11.6 Å². The molecule has 1 nitrogen and oxygen atoms in total. The van der Waals surface area contributed by atoms with Gasteiger partial charge < -0.3 is 5.32 Å². The van der Waals surface area contributed by atoms with Crippen LogP contribution in [0.2, 0.25) is 5.02 Å². The molecule has 0 bridgehead atoms. The van der Waals surface area contributed by atoms with Gasteiger partial charge in [-0.25, -0.2) is 0 Å². The maximum absolute atomic E-state index is 6.16. The lowest BCUT2D eigenvalue weighted by atomic mass is 10.0. The normalized spacial score (nSPS) is 20.8. The third kappa shape index (κ3) is 3.20. The molecule has 1 aromatic carbocycles. The second kappa shape index (κ2) is 5.33. The highest BCUT2D eigenvalue weighted by atomic mass is 79.9. The molecule has 1 fully saturated rings. The Morgan fingerprint density at radius 2 is 2.33 bits per heavy atom. The van der Waals surface area contributed by atoms with Crippen LogP contribution >= 0.6 is 27.5 Å². The standard InChI is InChI=1S/C12H15BrClN/c13-10-5-3-9(12(14)8-10)4-6-11-2-1-7-15-11/h3,5,8,11,15H,1-2,4,6-7H2. The van der Waals surface area contributed by atoms with E-state index in [1.165, 1.54) is 31.4 Å². The van der Waals surface area contributed by atoms with Crippen LogP contribution in [-0.2, 0) is 6.42 Å². The molecular formula is C12H15BrClN. The minimum absolute atomic E-state index is 0.699. The first-order valence-electron chi connectivity index (χ1n) is 5.43. The first kappa shape index (κ1) is 11.4. The summed E-state index contributed by atoms with van der Waals surface area (Å²) in [4.78, 5) is 0. The molecule has 0 aromatic heterocycles. The fraction of sp³-hybridized carbons (Fsp3) is 0.500. The quantitative estimate of drug-likeness (QED) is 0.892. The Balaban J connectivity index is 1.92. The van der Waals surface area contributed by atoms with Gasteiger partial charge >= 0.3 is 0 Å². The van der Waals surface area contributed by atoms with Gasteiger partial charge in [-0.1, -0.05) is 33.6 Å². The average molecular weight is 289 g/mol. The Morgan fingerprint density at radius 3 is 3.00 bits per heavy atom. The third-order valence-electron chi connectivity index (χ3n) is 2.94. The van der Waals surface area contributed by atoms with Crippen LogP contribution in [0.4, 0.5) is 0 Å². The van der Waals surface area contributed by atoms with Gasteiger partial charge in [0.1, 0.15) is 0 Å². The highest BCUT2D eigenvalue weighted by Crippen LogP contribution is 2.23. The maximum Gasteiger partial charge on any atom is 0.0449 e. The monoisotopic (exact) mass is 287 g/mol. The van der Waals surface area contributed by atoms with Gasteiger partial charge in [0, 0.05) is 15.5 Å². The molecule has 1 aliphatic rings. The van der Waals surface area contributed by atoms with Crippen LogP contribution in [0.1, 0.15) is 24.8 Å². The smallest absolute Gasteiger partial charge is 0.0449 e. The van der Waals surface area contributed by atoms with Crippen molar-refractivity contribution >= 4 is 27.5 Å². The maximum atomic E-state index is 6.16. The summed E-state index contributed by atoms with van der Waals surface area (Å²) in [6.45, 7) is 1.18. The molecular weight excluding hydrogens is 273 g/mol. The summed E-state index contributed by atoms with van der Waals surface area (Å²) < 4.78 is 1.05. The van der Waals surface area contributed by atoms with E-state index in [-0.39, 0.29) is 0 Å². The number of hydrogen-bond acceptors (Lipinski definition) is 1. The molecule has 0 radical (unpaired) electrons. The van der Waals surface area contributed by atoms with E-state index in [1.807, 2.05) is 6.07 Å². The number of halogens is 2. The highest BCUT2D eigenvalue weighted by Gasteiger charge is 2.14. The van der Waals surface area contributed by atoms with Crippen molar-refractivity contribution in [3.05, 3.63) is 33.3 Å². The van der Waals surface area contributed by atoms with Crippen molar-refractivity contribution in [3.8, 4) is 0 Å². The van der Waals surface area contributed by atoms with Gasteiger partial charge in [-0.15, -0.1) is 0 Å². The van der Waals surface area contributed by atoms with E-state index in [1.54, 1.807) is 0 Å². The number of benzene rings is 1. The van der Waals surface area contributed by atoms with Gasteiger partial charge in [0.2, 0.25) is 0 Å². The molecule has 0 spiro atoms. The lowest BCUT2D eigenvalue weighted by Crippen LogP contribution is -2.21.